The summed E-state index contributed by atoms with van der Waals surface area (Å²) < 4.78 is 30.9. The Kier molecular flexibility index (Phi) is 4.12. The molecule has 0 saturated carbocycles. The van der Waals surface area contributed by atoms with Crippen LogP contribution in [0.5, 0.6) is 0 Å². The molecule has 0 atom stereocenters. The van der Waals surface area contributed by atoms with Gasteiger partial charge in [0.25, 0.3) is 0 Å². The van der Waals surface area contributed by atoms with Gasteiger partial charge in [-0.25, -0.2) is 13.6 Å². The molecule has 1 aromatic carbocycles. The number of likely N-dealkylation sites (tertiary alicyclic amines) is 1. The average Bonchev–Trinajstić information content (AvgIpc) is 2.36. The second kappa shape index (κ2) is 5.80. The summed E-state index contributed by atoms with van der Waals surface area (Å²) >= 11 is 0. The minimum atomic E-state index is -0.668. The molecule has 1 heterocycles. The molecule has 0 aromatic heterocycles. The van der Waals surface area contributed by atoms with E-state index >= 15 is 0 Å². The third kappa shape index (κ3) is 3.42. The first-order chi connectivity index (χ1) is 8.65. The minimum absolute atomic E-state index is 0.107. The second-order valence-electron chi connectivity index (χ2n) is 4.38. The maximum atomic E-state index is 12.9. The Morgan fingerprint density at radius 1 is 1.11 bits per heavy atom. The van der Waals surface area contributed by atoms with E-state index in [1.54, 1.807) is 4.90 Å². The van der Waals surface area contributed by atoms with E-state index in [0.717, 1.165) is 37.5 Å². The van der Waals surface area contributed by atoms with E-state index in [-0.39, 0.29) is 6.61 Å². The zero-order chi connectivity index (χ0) is 13.0. The van der Waals surface area contributed by atoms with E-state index in [1.165, 1.54) is 0 Å². The largest absolute Gasteiger partial charge is 0.445 e. The molecule has 1 aliphatic heterocycles. The molecule has 98 valence electrons. The van der Waals surface area contributed by atoms with Crippen molar-refractivity contribution in [3.63, 3.8) is 0 Å². The third-order valence-electron chi connectivity index (χ3n) is 2.90. The lowest BCUT2D eigenvalue weighted by molar-refractivity contribution is 0.0893. The van der Waals surface area contributed by atoms with Crippen LogP contribution in [0.25, 0.3) is 0 Å². The molecule has 1 aliphatic rings. The van der Waals surface area contributed by atoms with Crippen molar-refractivity contribution in [2.75, 3.05) is 13.1 Å². The Hall–Kier alpha value is -1.65. The van der Waals surface area contributed by atoms with E-state index in [9.17, 15) is 13.6 Å². The number of hydrogen-bond acceptors (Lipinski definition) is 2. The van der Waals surface area contributed by atoms with Crippen molar-refractivity contribution in [1.82, 2.24) is 4.90 Å². The molecule has 2 rings (SSSR count). The zero-order valence-corrected chi connectivity index (χ0v) is 9.99. The lowest BCUT2D eigenvalue weighted by Gasteiger charge is -2.25. The summed E-state index contributed by atoms with van der Waals surface area (Å²) in [6.45, 7) is 1.27. The highest BCUT2D eigenvalue weighted by molar-refractivity contribution is 5.67. The van der Waals surface area contributed by atoms with Gasteiger partial charge in [-0.3, -0.25) is 0 Å². The van der Waals surface area contributed by atoms with Crippen molar-refractivity contribution >= 4 is 6.09 Å². The number of nitrogens with zero attached hydrogens (tertiary/aromatic N) is 1. The first-order valence-electron chi connectivity index (χ1n) is 6.02. The van der Waals surface area contributed by atoms with Gasteiger partial charge in [-0.05, 0) is 37.0 Å². The number of benzene rings is 1. The number of amides is 1. The molecule has 5 heteroatoms. The maximum absolute atomic E-state index is 12.9. The Morgan fingerprint density at radius 3 is 2.33 bits per heavy atom. The van der Waals surface area contributed by atoms with E-state index in [1.807, 2.05) is 0 Å². The van der Waals surface area contributed by atoms with Gasteiger partial charge in [0.15, 0.2) is 0 Å². The maximum Gasteiger partial charge on any atom is 0.410 e. The van der Waals surface area contributed by atoms with Gasteiger partial charge in [0.2, 0.25) is 0 Å². The molecule has 0 aliphatic carbocycles. The van der Waals surface area contributed by atoms with Crippen molar-refractivity contribution in [1.29, 1.82) is 0 Å². The molecular formula is C13H15F2NO2. The average molecular weight is 255 g/mol. The first-order valence-corrected chi connectivity index (χ1v) is 6.02. The molecule has 18 heavy (non-hydrogen) atoms. The van der Waals surface area contributed by atoms with Crippen LogP contribution in [0.15, 0.2) is 18.2 Å². The highest BCUT2D eigenvalue weighted by Crippen LogP contribution is 2.12. The van der Waals surface area contributed by atoms with Crippen molar-refractivity contribution in [2.45, 2.75) is 25.9 Å². The number of halogens is 2. The van der Waals surface area contributed by atoms with Crippen LogP contribution in [0, 0.1) is 11.6 Å². The highest BCUT2D eigenvalue weighted by Gasteiger charge is 2.17. The fourth-order valence-electron chi connectivity index (χ4n) is 2.01. The minimum Gasteiger partial charge on any atom is -0.445 e. The standard InChI is InChI=1S/C13H15F2NO2/c14-11-6-10(7-12(15)8-11)9-18-13(17)16-4-2-1-3-5-16/h6-8H,1-5,9H2. The monoisotopic (exact) mass is 255 g/mol. The van der Waals surface area contributed by atoms with Gasteiger partial charge in [-0.15, -0.1) is 0 Å². The van der Waals surface area contributed by atoms with Crippen molar-refractivity contribution in [2.24, 2.45) is 0 Å². The number of carbonyl (C=O) groups excluding carboxylic acids is 1. The van der Waals surface area contributed by atoms with E-state index in [2.05, 4.69) is 0 Å². The van der Waals surface area contributed by atoms with Crippen LogP contribution in [0.4, 0.5) is 13.6 Å². The normalized spacial score (nSPS) is 15.6. The summed E-state index contributed by atoms with van der Waals surface area (Å²) in [5.74, 6) is -1.34. The number of piperidine rings is 1. The van der Waals surface area contributed by atoms with Gasteiger partial charge in [0, 0.05) is 19.2 Å². The molecule has 0 radical (unpaired) electrons. The molecule has 1 aromatic rings. The van der Waals surface area contributed by atoms with Crippen molar-refractivity contribution in [3.05, 3.63) is 35.4 Å². The van der Waals surface area contributed by atoms with Gasteiger partial charge >= 0.3 is 6.09 Å². The molecule has 0 bridgehead atoms. The van der Waals surface area contributed by atoms with Crippen LogP contribution in [0.3, 0.4) is 0 Å². The van der Waals surface area contributed by atoms with Gasteiger partial charge in [0.1, 0.15) is 18.2 Å². The van der Waals surface area contributed by atoms with Gasteiger partial charge in [-0.2, -0.15) is 0 Å². The van der Waals surface area contributed by atoms with Crippen LogP contribution in [-0.2, 0) is 11.3 Å². The fourth-order valence-corrected chi connectivity index (χ4v) is 2.01. The van der Waals surface area contributed by atoms with Crippen LogP contribution in [0.2, 0.25) is 0 Å². The SMILES string of the molecule is O=C(OCc1cc(F)cc(F)c1)N1CCCCC1. The van der Waals surface area contributed by atoms with Gasteiger partial charge in [-0.1, -0.05) is 0 Å². The topological polar surface area (TPSA) is 29.5 Å². The van der Waals surface area contributed by atoms with E-state index in [0.29, 0.717) is 18.7 Å². The quantitative estimate of drug-likeness (QED) is 0.812. The summed E-state index contributed by atoms with van der Waals surface area (Å²) in [5.41, 5.74) is 0.317. The summed E-state index contributed by atoms with van der Waals surface area (Å²) in [4.78, 5) is 13.3. The predicted molar refractivity (Wildman–Crippen MR) is 62.0 cm³/mol. The van der Waals surface area contributed by atoms with Crippen LogP contribution in [0.1, 0.15) is 24.8 Å². The van der Waals surface area contributed by atoms with Crippen molar-refractivity contribution < 1.29 is 18.3 Å². The number of ether oxygens (including phenoxy) is 1. The summed E-state index contributed by atoms with van der Waals surface area (Å²) in [5, 5.41) is 0. The summed E-state index contributed by atoms with van der Waals surface area (Å²) in [6.07, 6.45) is 2.66. The Labute approximate surface area is 104 Å². The zero-order valence-electron chi connectivity index (χ0n) is 9.99. The molecule has 1 amide bonds. The lowest BCUT2D eigenvalue weighted by Crippen LogP contribution is -2.35. The first kappa shape index (κ1) is 12.8. The Balaban J connectivity index is 1.88. The molecule has 1 fully saturated rings. The van der Waals surface area contributed by atoms with Gasteiger partial charge in [0.05, 0.1) is 0 Å². The van der Waals surface area contributed by atoms with Crippen molar-refractivity contribution in [3.8, 4) is 0 Å². The number of hydrogen-bond donors (Lipinski definition) is 0. The summed E-state index contributed by atoms with van der Waals surface area (Å²) in [6, 6.07) is 3.11. The smallest absolute Gasteiger partial charge is 0.410 e. The van der Waals surface area contributed by atoms with E-state index < -0.39 is 17.7 Å². The Bertz CT molecular complexity index is 411. The molecule has 3 nitrogen and oxygen atoms in total. The molecular weight excluding hydrogens is 240 g/mol. The van der Waals surface area contributed by atoms with E-state index in [4.69, 9.17) is 4.74 Å². The second-order valence-corrected chi connectivity index (χ2v) is 4.38. The van der Waals surface area contributed by atoms with Gasteiger partial charge < -0.3 is 9.64 Å². The number of rotatable bonds is 2. The molecule has 0 N–H and O–H groups in total. The highest BCUT2D eigenvalue weighted by atomic mass is 19.1. The van der Waals surface area contributed by atoms with Crippen LogP contribution in [-0.4, -0.2) is 24.1 Å². The molecule has 0 spiro atoms. The third-order valence-corrected chi connectivity index (χ3v) is 2.90. The predicted octanol–water partition coefficient (Wildman–Crippen LogP) is 3.09. The molecule has 0 unspecified atom stereocenters. The summed E-state index contributed by atoms with van der Waals surface area (Å²) in [7, 11) is 0. The fraction of sp³-hybridized carbons (Fsp3) is 0.462. The Morgan fingerprint density at radius 2 is 1.72 bits per heavy atom. The van der Waals surface area contributed by atoms with Crippen LogP contribution >= 0.6 is 0 Å². The van der Waals surface area contributed by atoms with Crippen LogP contribution < -0.4 is 0 Å². The molecule has 1 saturated heterocycles. The number of carbonyl (C=O) groups is 1. The lowest BCUT2D eigenvalue weighted by atomic mass is 10.1.